The highest BCUT2D eigenvalue weighted by Gasteiger charge is 2.31. The average molecular weight is 411 g/mol. The maximum atomic E-state index is 13.2. The molecule has 2 aliphatic rings. The van der Waals surface area contributed by atoms with Gasteiger partial charge in [-0.1, -0.05) is 77.6 Å². The van der Waals surface area contributed by atoms with Crippen LogP contribution in [0.5, 0.6) is 0 Å². The number of amides is 1. The fourth-order valence-corrected chi connectivity index (χ4v) is 4.38. The first-order valence-corrected chi connectivity index (χ1v) is 10.8. The third-order valence-electron chi connectivity index (χ3n) is 5.88. The summed E-state index contributed by atoms with van der Waals surface area (Å²) in [6, 6.07) is 16.1. The Morgan fingerprint density at radius 3 is 2.59 bits per heavy atom. The van der Waals surface area contributed by atoms with Gasteiger partial charge in [0.2, 0.25) is 5.91 Å². The van der Waals surface area contributed by atoms with Crippen LogP contribution >= 0.6 is 11.6 Å². The number of hydrogen-bond acceptors (Lipinski definition) is 3. The van der Waals surface area contributed by atoms with Gasteiger partial charge in [-0.15, -0.1) is 0 Å². The predicted molar refractivity (Wildman–Crippen MR) is 116 cm³/mol. The van der Waals surface area contributed by atoms with Gasteiger partial charge in [0.25, 0.3) is 0 Å². The molecule has 4 nitrogen and oxygen atoms in total. The molecule has 152 valence electrons. The zero-order valence-corrected chi connectivity index (χ0v) is 17.6. The maximum Gasteiger partial charge on any atom is 0.226 e. The molecule has 1 heterocycles. The molecule has 1 saturated carbocycles. The van der Waals surface area contributed by atoms with Gasteiger partial charge < -0.3 is 9.74 Å². The molecule has 1 atom stereocenters. The van der Waals surface area contributed by atoms with Gasteiger partial charge >= 0.3 is 0 Å². The Morgan fingerprint density at radius 2 is 1.86 bits per heavy atom. The molecule has 0 N–H and O–H groups in total. The highest BCUT2D eigenvalue weighted by molar-refractivity contribution is 6.31. The van der Waals surface area contributed by atoms with Crippen molar-refractivity contribution in [1.29, 1.82) is 0 Å². The van der Waals surface area contributed by atoms with Gasteiger partial charge in [-0.2, -0.15) is 0 Å². The number of oxime groups is 1. The van der Waals surface area contributed by atoms with Crippen LogP contribution in [0.15, 0.2) is 53.7 Å². The fourth-order valence-electron chi connectivity index (χ4n) is 4.18. The SMILES string of the molecule is Cc1ccc(C2=NO[C@@H](CN(Cc3ccccc3Cl)C(=O)C3CCCC3)C2)cc1. The second-order valence-electron chi connectivity index (χ2n) is 8.13. The third kappa shape index (κ3) is 4.81. The second kappa shape index (κ2) is 9.00. The van der Waals surface area contributed by atoms with Crippen molar-refractivity contribution in [2.24, 2.45) is 11.1 Å². The zero-order valence-electron chi connectivity index (χ0n) is 16.8. The van der Waals surface area contributed by atoms with Crippen molar-refractivity contribution in [3.63, 3.8) is 0 Å². The van der Waals surface area contributed by atoms with Gasteiger partial charge in [-0.25, -0.2) is 0 Å². The number of benzene rings is 2. The largest absolute Gasteiger partial charge is 0.390 e. The minimum atomic E-state index is -0.126. The monoisotopic (exact) mass is 410 g/mol. The summed E-state index contributed by atoms with van der Waals surface area (Å²) in [6.07, 6.45) is 4.82. The van der Waals surface area contributed by atoms with E-state index in [4.69, 9.17) is 16.4 Å². The molecule has 0 saturated heterocycles. The van der Waals surface area contributed by atoms with E-state index in [-0.39, 0.29) is 17.9 Å². The lowest BCUT2D eigenvalue weighted by Gasteiger charge is -2.28. The lowest BCUT2D eigenvalue weighted by Crippen LogP contribution is -2.40. The molecule has 4 rings (SSSR count). The van der Waals surface area contributed by atoms with E-state index in [2.05, 4.69) is 36.3 Å². The number of carbonyl (C=O) groups excluding carboxylic acids is 1. The Morgan fingerprint density at radius 1 is 1.14 bits per heavy atom. The van der Waals surface area contributed by atoms with Crippen LogP contribution in [0.2, 0.25) is 5.02 Å². The fraction of sp³-hybridized carbons (Fsp3) is 0.417. The molecule has 5 heteroatoms. The first-order valence-electron chi connectivity index (χ1n) is 10.4. The van der Waals surface area contributed by atoms with E-state index in [0.29, 0.717) is 24.5 Å². The molecular weight excluding hydrogens is 384 g/mol. The van der Waals surface area contributed by atoms with Crippen LogP contribution in [-0.2, 0) is 16.2 Å². The summed E-state index contributed by atoms with van der Waals surface area (Å²) in [5.41, 5.74) is 4.22. The van der Waals surface area contributed by atoms with E-state index < -0.39 is 0 Å². The molecule has 0 radical (unpaired) electrons. The quantitative estimate of drug-likeness (QED) is 0.643. The number of aryl methyl sites for hydroxylation is 1. The summed E-state index contributed by atoms with van der Waals surface area (Å²) in [5, 5.41) is 5.00. The molecule has 1 fully saturated rings. The van der Waals surface area contributed by atoms with Gasteiger partial charge in [-0.3, -0.25) is 4.79 Å². The Bertz CT molecular complexity index is 888. The molecule has 2 aromatic carbocycles. The highest BCUT2D eigenvalue weighted by atomic mass is 35.5. The third-order valence-corrected chi connectivity index (χ3v) is 6.25. The number of hydrogen-bond donors (Lipinski definition) is 0. The Kier molecular flexibility index (Phi) is 6.19. The number of nitrogens with zero attached hydrogens (tertiary/aromatic N) is 2. The summed E-state index contributed by atoms with van der Waals surface area (Å²) in [5.74, 6) is 0.339. The highest BCUT2D eigenvalue weighted by Crippen LogP contribution is 2.29. The van der Waals surface area contributed by atoms with Gasteiger partial charge in [0.1, 0.15) is 0 Å². The molecule has 1 aliphatic heterocycles. The topological polar surface area (TPSA) is 41.9 Å². The van der Waals surface area contributed by atoms with Crippen LogP contribution in [0, 0.1) is 12.8 Å². The van der Waals surface area contributed by atoms with Crippen LogP contribution in [0.3, 0.4) is 0 Å². The van der Waals surface area contributed by atoms with E-state index in [1.54, 1.807) is 0 Å². The lowest BCUT2D eigenvalue weighted by molar-refractivity contribution is -0.137. The second-order valence-corrected chi connectivity index (χ2v) is 8.53. The number of halogens is 1. The predicted octanol–water partition coefficient (Wildman–Crippen LogP) is 5.36. The summed E-state index contributed by atoms with van der Waals surface area (Å²) in [7, 11) is 0. The first-order chi connectivity index (χ1) is 14.1. The lowest BCUT2D eigenvalue weighted by atomic mass is 10.0. The zero-order chi connectivity index (χ0) is 20.2. The van der Waals surface area contributed by atoms with Crippen molar-refractivity contribution >= 4 is 23.2 Å². The summed E-state index contributed by atoms with van der Waals surface area (Å²) in [4.78, 5) is 20.9. The van der Waals surface area contributed by atoms with Crippen molar-refractivity contribution in [2.75, 3.05) is 6.54 Å². The first kappa shape index (κ1) is 20.0. The van der Waals surface area contributed by atoms with Crippen LogP contribution in [0.4, 0.5) is 0 Å². The van der Waals surface area contributed by atoms with E-state index >= 15 is 0 Å². The summed E-state index contributed by atoms with van der Waals surface area (Å²) >= 11 is 6.37. The van der Waals surface area contributed by atoms with Crippen LogP contribution in [0.25, 0.3) is 0 Å². The standard InChI is InChI=1S/C24H27ClN2O2/c1-17-10-12-18(13-11-17)23-14-21(29-26-23)16-27(24(28)19-6-2-3-7-19)15-20-8-4-5-9-22(20)25/h4-5,8-13,19,21H,2-3,6-7,14-16H2,1H3/t21-/m1/s1. The van der Waals surface area contributed by atoms with Crippen molar-refractivity contribution in [1.82, 2.24) is 4.90 Å². The molecule has 0 aromatic heterocycles. The average Bonchev–Trinajstić information content (AvgIpc) is 3.41. The van der Waals surface area contributed by atoms with Crippen LogP contribution < -0.4 is 0 Å². The van der Waals surface area contributed by atoms with Crippen molar-refractivity contribution in [3.8, 4) is 0 Å². The molecule has 0 unspecified atom stereocenters. The van der Waals surface area contributed by atoms with E-state index in [9.17, 15) is 4.79 Å². The Balaban J connectivity index is 1.46. The van der Waals surface area contributed by atoms with Crippen LogP contribution in [-0.4, -0.2) is 29.2 Å². The molecule has 2 aromatic rings. The number of carbonyl (C=O) groups is 1. The smallest absolute Gasteiger partial charge is 0.226 e. The molecule has 0 spiro atoms. The van der Waals surface area contributed by atoms with E-state index in [1.165, 1.54) is 5.56 Å². The summed E-state index contributed by atoms with van der Waals surface area (Å²) in [6.45, 7) is 3.11. The maximum absolute atomic E-state index is 13.2. The minimum Gasteiger partial charge on any atom is -0.390 e. The van der Waals surface area contributed by atoms with Crippen LogP contribution in [0.1, 0.15) is 48.8 Å². The van der Waals surface area contributed by atoms with Gasteiger partial charge in [0.15, 0.2) is 6.10 Å². The van der Waals surface area contributed by atoms with Crippen molar-refractivity contribution in [2.45, 2.75) is 51.7 Å². The van der Waals surface area contributed by atoms with Crippen molar-refractivity contribution in [3.05, 3.63) is 70.2 Å². The Labute approximate surface area is 177 Å². The van der Waals surface area contributed by atoms with Crippen molar-refractivity contribution < 1.29 is 9.63 Å². The van der Waals surface area contributed by atoms with Gasteiger partial charge in [0, 0.05) is 23.9 Å². The van der Waals surface area contributed by atoms with E-state index in [0.717, 1.165) is 42.5 Å². The molecule has 1 aliphatic carbocycles. The van der Waals surface area contributed by atoms with Gasteiger partial charge in [-0.05, 0) is 37.0 Å². The molecule has 1 amide bonds. The van der Waals surface area contributed by atoms with Gasteiger partial charge in [0.05, 0.1) is 12.3 Å². The number of rotatable bonds is 6. The van der Waals surface area contributed by atoms with E-state index in [1.807, 2.05) is 29.2 Å². The molecular formula is C24H27ClN2O2. The minimum absolute atomic E-state index is 0.122. The Hall–Kier alpha value is -2.33. The molecule has 0 bridgehead atoms. The normalized spacial score (nSPS) is 19.1. The summed E-state index contributed by atoms with van der Waals surface area (Å²) < 4.78 is 0. The molecule has 29 heavy (non-hydrogen) atoms.